The largest absolute Gasteiger partial charge is 0.375 e. The molecule has 1 unspecified atom stereocenters. The maximum absolute atomic E-state index is 5.83. The van der Waals surface area contributed by atoms with Crippen LogP contribution in [0.3, 0.4) is 0 Å². The molecule has 0 amide bonds. The fourth-order valence-electron chi connectivity index (χ4n) is 3.59. The summed E-state index contributed by atoms with van der Waals surface area (Å²) in [6, 6.07) is 1.12. The van der Waals surface area contributed by atoms with E-state index in [0.29, 0.717) is 12.1 Å². The maximum atomic E-state index is 5.83. The van der Waals surface area contributed by atoms with E-state index < -0.39 is 0 Å². The van der Waals surface area contributed by atoms with E-state index in [4.69, 9.17) is 4.74 Å². The van der Waals surface area contributed by atoms with Crippen molar-refractivity contribution in [2.45, 2.75) is 76.5 Å². The van der Waals surface area contributed by atoms with Gasteiger partial charge in [-0.25, -0.2) is 4.98 Å². The lowest BCUT2D eigenvalue weighted by atomic mass is 9.93. The van der Waals surface area contributed by atoms with Crippen molar-refractivity contribution < 1.29 is 4.74 Å². The zero-order valence-corrected chi connectivity index (χ0v) is 12.8. The number of hydrogen-bond acceptors (Lipinski definition) is 3. The molecule has 0 bridgehead atoms. The van der Waals surface area contributed by atoms with E-state index in [-0.39, 0.29) is 5.60 Å². The van der Waals surface area contributed by atoms with Crippen molar-refractivity contribution in [2.75, 3.05) is 11.9 Å². The molecule has 4 heteroatoms. The first-order valence-corrected chi connectivity index (χ1v) is 8.07. The van der Waals surface area contributed by atoms with Crippen LogP contribution in [0.5, 0.6) is 0 Å². The number of nitrogens with one attached hydrogen (secondary N) is 1. The summed E-state index contributed by atoms with van der Waals surface area (Å²) in [6.45, 7) is 5.22. The molecule has 0 radical (unpaired) electrons. The molecule has 2 heterocycles. The number of anilines is 1. The lowest BCUT2D eigenvalue weighted by Crippen LogP contribution is -2.35. The normalized spacial score (nSPS) is 27.4. The molecule has 1 aromatic rings. The first kappa shape index (κ1) is 13.9. The van der Waals surface area contributed by atoms with E-state index in [2.05, 4.69) is 34.9 Å². The van der Waals surface area contributed by atoms with Crippen LogP contribution in [0, 0.1) is 0 Å². The van der Waals surface area contributed by atoms with Crippen molar-refractivity contribution in [3.05, 3.63) is 12.4 Å². The van der Waals surface area contributed by atoms with E-state index in [9.17, 15) is 0 Å². The Kier molecular flexibility index (Phi) is 4.01. The summed E-state index contributed by atoms with van der Waals surface area (Å²) in [5.41, 5.74) is -0.0186. The maximum Gasteiger partial charge on any atom is 0.203 e. The summed E-state index contributed by atoms with van der Waals surface area (Å²) < 4.78 is 8.16. The second kappa shape index (κ2) is 5.76. The Balaban J connectivity index is 1.69. The quantitative estimate of drug-likeness (QED) is 0.914. The van der Waals surface area contributed by atoms with E-state index in [0.717, 1.165) is 25.4 Å². The van der Waals surface area contributed by atoms with E-state index in [1.54, 1.807) is 0 Å². The molecule has 3 rings (SSSR count). The van der Waals surface area contributed by atoms with Crippen LogP contribution >= 0.6 is 0 Å². The fourth-order valence-corrected chi connectivity index (χ4v) is 3.59. The lowest BCUT2D eigenvalue weighted by molar-refractivity contribution is -0.0688. The third-order valence-electron chi connectivity index (χ3n) is 4.67. The summed E-state index contributed by atoms with van der Waals surface area (Å²) in [5.74, 6) is 1.06. The standard InChI is InChI=1S/C16H27N3O/c1-16(2)12-14(8-11-20-16)19-10-9-17-15(19)18-13-6-4-3-5-7-13/h9-10,13-14H,3-8,11-12H2,1-2H3,(H,17,18). The van der Waals surface area contributed by atoms with Crippen molar-refractivity contribution in [1.29, 1.82) is 0 Å². The Bertz CT molecular complexity index is 435. The molecular weight excluding hydrogens is 250 g/mol. The van der Waals surface area contributed by atoms with E-state index >= 15 is 0 Å². The highest BCUT2D eigenvalue weighted by Gasteiger charge is 2.31. The topological polar surface area (TPSA) is 39.1 Å². The molecule has 1 N–H and O–H groups in total. The highest BCUT2D eigenvalue weighted by molar-refractivity contribution is 5.28. The van der Waals surface area contributed by atoms with Crippen LogP contribution < -0.4 is 5.32 Å². The van der Waals surface area contributed by atoms with Crippen LogP contribution in [-0.2, 0) is 4.74 Å². The molecule has 1 aliphatic heterocycles. The second-order valence-corrected chi connectivity index (χ2v) is 6.89. The first-order valence-electron chi connectivity index (χ1n) is 8.07. The number of hydrogen-bond donors (Lipinski definition) is 1. The number of rotatable bonds is 3. The van der Waals surface area contributed by atoms with Crippen molar-refractivity contribution >= 4 is 5.95 Å². The Hall–Kier alpha value is -1.03. The second-order valence-electron chi connectivity index (χ2n) is 6.89. The molecule has 20 heavy (non-hydrogen) atoms. The summed E-state index contributed by atoms with van der Waals surface area (Å²) in [4.78, 5) is 4.54. The Morgan fingerprint density at radius 2 is 2.05 bits per heavy atom. The molecule has 0 aromatic carbocycles. The van der Waals surface area contributed by atoms with E-state index in [1.807, 2.05) is 6.20 Å². The monoisotopic (exact) mass is 277 g/mol. The molecular formula is C16H27N3O. The molecule has 1 aromatic heterocycles. The highest BCUT2D eigenvalue weighted by Crippen LogP contribution is 2.34. The Labute approximate surface area is 121 Å². The van der Waals surface area contributed by atoms with Crippen LogP contribution in [0.25, 0.3) is 0 Å². The number of aromatic nitrogens is 2. The van der Waals surface area contributed by atoms with Crippen LogP contribution in [0.4, 0.5) is 5.95 Å². The Morgan fingerprint density at radius 3 is 2.80 bits per heavy atom. The summed E-state index contributed by atoms with van der Waals surface area (Å²) in [6.07, 6.45) is 12.8. The first-order chi connectivity index (χ1) is 9.64. The molecule has 112 valence electrons. The van der Waals surface area contributed by atoms with Gasteiger partial charge < -0.3 is 14.6 Å². The van der Waals surface area contributed by atoms with Gasteiger partial charge in [0.15, 0.2) is 0 Å². The van der Waals surface area contributed by atoms with Crippen molar-refractivity contribution in [3.8, 4) is 0 Å². The lowest BCUT2D eigenvalue weighted by Gasteiger charge is -2.37. The minimum atomic E-state index is -0.0186. The summed E-state index contributed by atoms with van der Waals surface area (Å²) >= 11 is 0. The SMILES string of the molecule is CC1(C)CC(n2ccnc2NC2CCCCC2)CCO1. The van der Waals surface area contributed by atoms with Crippen molar-refractivity contribution in [2.24, 2.45) is 0 Å². The molecule has 2 fully saturated rings. The van der Waals surface area contributed by atoms with Crippen LogP contribution in [0.1, 0.15) is 64.8 Å². The summed E-state index contributed by atoms with van der Waals surface area (Å²) in [5, 5.41) is 3.67. The highest BCUT2D eigenvalue weighted by atomic mass is 16.5. The van der Waals surface area contributed by atoms with Gasteiger partial charge in [0.05, 0.1) is 5.60 Å². The van der Waals surface area contributed by atoms with Crippen molar-refractivity contribution in [1.82, 2.24) is 9.55 Å². The third-order valence-corrected chi connectivity index (χ3v) is 4.67. The molecule has 4 nitrogen and oxygen atoms in total. The van der Waals surface area contributed by atoms with Crippen LogP contribution in [0.2, 0.25) is 0 Å². The third kappa shape index (κ3) is 3.17. The fraction of sp³-hybridized carbons (Fsp3) is 0.812. The summed E-state index contributed by atoms with van der Waals surface area (Å²) in [7, 11) is 0. The van der Waals surface area contributed by atoms with Crippen LogP contribution in [-0.4, -0.2) is 27.8 Å². The van der Waals surface area contributed by atoms with Gasteiger partial charge in [-0.15, -0.1) is 0 Å². The average molecular weight is 277 g/mol. The van der Waals surface area contributed by atoms with Gasteiger partial charge in [0.25, 0.3) is 0 Å². The predicted molar refractivity (Wildman–Crippen MR) is 81.0 cm³/mol. The molecule has 1 aliphatic carbocycles. The number of nitrogens with zero attached hydrogens (tertiary/aromatic N) is 2. The van der Waals surface area contributed by atoms with Gasteiger partial charge in [-0.05, 0) is 39.5 Å². The van der Waals surface area contributed by atoms with Gasteiger partial charge in [-0.1, -0.05) is 19.3 Å². The Morgan fingerprint density at radius 1 is 1.25 bits per heavy atom. The smallest absolute Gasteiger partial charge is 0.203 e. The predicted octanol–water partition coefficient (Wildman–Crippen LogP) is 3.76. The molecule has 1 saturated carbocycles. The average Bonchev–Trinajstić information content (AvgIpc) is 2.87. The number of ether oxygens (including phenoxy) is 1. The molecule has 2 aliphatic rings. The van der Waals surface area contributed by atoms with Gasteiger partial charge in [0.2, 0.25) is 5.95 Å². The van der Waals surface area contributed by atoms with E-state index in [1.165, 1.54) is 32.1 Å². The van der Waals surface area contributed by atoms with Gasteiger partial charge >= 0.3 is 0 Å². The van der Waals surface area contributed by atoms with Gasteiger partial charge in [-0.3, -0.25) is 0 Å². The molecule has 0 spiro atoms. The molecule has 1 atom stereocenters. The minimum Gasteiger partial charge on any atom is -0.375 e. The van der Waals surface area contributed by atoms with Crippen LogP contribution in [0.15, 0.2) is 12.4 Å². The van der Waals surface area contributed by atoms with Gasteiger partial charge in [-0.2, -0.15) is 0 Å². The zero-order valence-electron chi connectivity index (χ0n) is 12.8. The van der Waals surface area contributed by atoms with Crippen molar-refractivity contribution in [3.63, 3.8) is 0 Å². The minimum absolute atomic E-state index is 0.0186. The van der Waals surface area contributed by atoms with Gasteiger partial charge in [0.1, 0.15) is 0 Å². The molecule has 1 saturated heterocycles. The number of imidazole rings is 1. The van der Waals surface area contributed by atoms with Gasteiger partial charge in [0, 0.05) is 31.1 Å². The zero-order chi connectivity index (χ0) is 14.0.